The Kier molecular flexibility index (Phi) is 6.83. The minimum Gasteiger partial charge on any atom is -0.508 e. The summed E-state index contributed by atoms with van der Waals surface area (Å²) in [5, 5.41) is 13.7. The Hall–Kier alpha value is -3.04. The van der Waals surface area contributed by atoms with Crippen LogP contribution in [0.25, 0.3) is 5.57 Å². The number of aromatic hydroxyl groups is 1. The van der Waals surface area contributed by atoms with Gasteiger partial charge in [-0.05, 0) is 66.3 Å². The number of benzene rings is 3. The first-order valence-corrected chi connectivity index (χ1v) is 10.7. The highest BCUT2D eigenvalue weighted by Crippen LogP contribution is 2.26. The molecule has 3 aromatic carbocycles. The van der Waals surface area contributed by atoms with Crippen molar-refractivity contribution in [2.45, 2.75) is 31.7 Å². The second-order valence-electron chi connectivity index (χ2n) is 7.85. The van der Waals surface area contributed by atoms with Crippen LogP contribution in [0.5, 0.6) is 11.5 Å². The van der Waals surface area contributed by atoms with Gasteiger partial charge in [0.15, 0.2) is 0 Å². The summed E-state index contributed by atoms with van der Waals surface area (Å²) in [7, 11) is 0. The third-order valence-corrected chi connectivity index (χ3v) is 5.64. The highest BCUT2D eigenvalue weighted by atomic mass is 16.5. The smallest absolute Gasteiger partial charge is 0.119 e. The predicted octanol–water partition coefficient (Wildman–Crippen LogP) is 5.39. The number of rotatable bonds is 8. The maximum Gasteiger partial charge on any atom is 0.119 e. The first kappa shape index (κ1) is 20.2. The van der Waals surface area contributed by atoms with Gasteiger partial charge in [0.05, 0.1) is 0 Å². The van der Waals surface area contributed by atoms with Crippen molar-refractivity contribution in [1.29, 1.82) is 0 Å². The van der Waals surface area contributed by atoms with E-state index >= 15 is 0 Å². The van der Waals surface area contributed by atoms with E-state index in [4.69, 9.17) is 4.74 Å². The average Bonchev–Trinajstić information content (AvgIpc) is 3.31. The standard InChI is InChI=1S/C27H29NO2/c29-27-11-5-4-9-24(27)19-23(22-7-2-1-3-8-22)15-12-21-13-16-26(17-14-21)30-20-25-10-6-18-28-25/h1-5,7-9,11,13-17,25,28-29H,6,10,12,18-20H2. The van der Waals surface area contributed by atoms with Gasteiger partial charge in [-0.2, -0.15) is 0 Å². The Morgan fingerprint density at radius 1 is 0.967 bits per heavy atom. The summed E-state index contributed by atoms with van der Waals surface area (Å²) in [6.07, 6.45) is 6.24. The number of hydrogen-bond acceptors (Lipinski definition) is 3. The first-order valence-electron chi connectivity index (χ1n) is 10.7. The zero-order valence-corrected chi connectivity index (χ0v) is 17.3. The molecule has 2 N–H and O–H groups in total. The predicted molar refractivity (Wildman–Crippen MR) is 123 cm³/mol. The molecule has 1 saturated heterocycles. The van der Waals surface area contributed by atoms with E-state index < -0.39 is 0 Å². The maximum absolute atomic E-state index is 10.2. The van der Waals surface area contributed by atoms with Crippen LogP contribution in [-0.4, -0.2) is 24.3 Å². The second kappa shape index (κ2) is 10.1. The van der Waals surface area contributed by atoms with Gasteiger partial charge in [0.25, 0.3) is 0 Å². The molecule has 0 bridgehead atoms. The molecule has 1 aliphatic heterocycles. The van der Waals surface area contributed by atoms with Crippen LogP contribution < -0.4 is 10.1 Å². The molecule has 0 radical (unpaired) electrons. The van der Waals surface area contributed by atoms with E-state index in [9.17, 15) is 5.11 Å². The molecule has 1 atom stereocenters. The lowest BCUT2D eigenvalue weighted by Crippen LogP contribution is -2.28. The molecular formula is C27H29NO2. The number of para-hydroxylation sites is 1. The van der Waals surface area contributed by atoms with Crippen molar-refractivity contribution in [1.82, 2.24) is 5.32 Å². The highest BCUT2D eigenvalue weighted by Gasteiger charge is 2.14. The van der Waals surface area contributed by atoms with Crippen molar-refractivity contribution >= 4 is 5.57 Å². The summed E-state index contributed by atoms with van der Waals surface area (Å²) >= 11 is 0. The number of allylic oxidation sites excluding steroid dienone is 2. The van der Waals surface area contributed by atoms with Gasteiger partial charge in [0, 0.05) is 12.5 Å². The first-order chi connectivity index (χ1) is 14.8. The van der Waals surface area contributed by atoms with Crippen LogP contribution in [0.1, 0.15) is 29.5 Å². The summed E-state index contributed by atoms with van der Waals surface area (Å²) in [5.74, 6) is 1.27. The Morgan fingerprint density at radius 3 is 2.47 bits per heavy atom. The van der Waals surface area contributed by atoms with E-state index in [-0.39, 0.29) is 0 Å². The van der Waals surface area contributed by atoms with E-state index in [1.165, 1.54) is 29.5 Å². The van der Waals surface area contributed by atoms with Gasteiger partial charge in [-0.15, -0.1) is 0 Å². The zero-order valence-electron chi connectivity index (χ0n) is 17.3. The van der Waals surface area contributed by atoms with Crippen LogP contribution in [-0.2, 0) is 12.8 Å². The van der Waals surface area contributed by atoms with E-state index in [1.54, 1.807) is 6.07 Å². The fraction of sp³-hybridized carbons (Fsp3) is 0.259. The van der Waals surface area contributed by atoms with Gasteiger partial charge in [0.2, 0.25) is 0 Å². The Labute approximate surface area is 179 Å². The van der Waals surface area contributed by atoms with Crippen LogP contribution in [0.4, 0.5) is 0 Å². The highest BCUT2D eigenvalue weighted by molar-refractivity contribution is 5.68. The molecular weight excluding hydrogens is 370 g/mol. The van der Waals surface area contributed by atoms with Crippen molar-refractivity contribution in [3.63, 3.8) is 0 Å². The molecule has 3 aromatic rings. The van der Waals surface area contributed by atoms with Gasteiger partial charge in [-0.25, -0.2) is 0 Å². The SMILES string of the molecule is Oc1ccccc1CC(=CCc1ccc(OCC2CCCN2)cc1)c1ccccc1. The third-order valence-electron chi connectivity index (χ3n) is 5.64. The van der Waals surface area contributed by atoms with Crippen LogP contribution in [0, 0.1) is 0 Å². The normalized spacial score (nSPS) is 16.5. The molecule has 0 amide bonds. The fourth-order valence-electron chi connectivity index (χ4n) is 3.87. The number of phenols is 1. The van der Waals surface area contributed by atoms with Crippen molar-refractivity contribution < 1.29 is 9.84 Å². The Balaban J connectivity index is 1.44. The lowest BCUT2D eigenvalue weighted by Gasteiger charge is -2.12. The minimum atomic E-state index is 0.345. The summed E-state index contributed by atoms with van der Waals surface area (Å²) in [6, 6.07) is 26.8. The van der Waals surface area contributed by atoms with E-state index in [2.05, 4.69) is 59.9 Å². The van der Waals surface area contributed by atoms with Gasteiger partial charge in [-0.3, -0.25) is 0 Å². The Bertz CT molecular complexity index is 958. The quantitative estimate of drug-likeness (QED) is 0.533. The topological polar surface area (TPSA) is 41.5 Å². The lowest BCUT2D eigenvalue weighted by atomic mass is 9.95. The van der Waals surface area contributed by atoms with Crippen molar-refractivity contribution in [3.05, 3.63) is 102 Å². The molecule has 0 spiro atoms. The molecule has 30 heavy (non-hydrogen) atoms. The minimum absolute atomic E-state index is 0.345. The van der Waals surface area contributed by atoms with Gasteiger partial charge < -0.3 is 15.2 Å². The third kappa shape index (κ3) is 5.52. The number of nitrogens with one attached hydrogen (secondary N) is 1. The molecule has 0 aliphatic carbocycles. The average molecular weight is 400 g/mol. The van der Waals surface area contributed by atoms with Gasteiger partial charge in [0.1, 0.15) is 18.1 Å². The van der Waals surface area contributed by atoms with Crippen LogP contribution in [0.3, 0.4) is 0 Å². The van der Waals surface area contributed by atoms with Crippen molar-refractivity contribution in [2.75, 3.05) is 13.2 Å². The van der Waals surface area contributed by atoms with Crippen molar-refractivity contribution in [2.24, 2.45) is 0 Å². The number of phenolic OH excluding ortho intramolecular Hbond substituents is 1. The molecule has 0 saturated carbocycles. The fourth-order valence-corrected chi connectivity index (χ4v) is 3.87. The van der Waals surface area contributed by atoms with Crippen LogP contribution in [0.2, 0.25) is 0 Å². The Morgan fingerprint density at radius 2 is 1.73 bits per heavy atom. The van der Waals surface area contributed by atoms with E-state index in [1.807, 2.05) is 24.3 Å². The van der Waals surface area contributed by atoms with E-state index in [0.29, 0.717) is 18.2 Å². The molecule has 1 heterocycles. The molecule has 1 unspecified atom stereocenters. The largest absolute Gasteiger partial charge is 0.508 e. The molecule has 1 aliphatic rings. The summed E-state index contributed by atoms with van der Waals surface area (Å²) in [4.78, 5) is 0. The molecule has 1 fully saturated rings. The monoisotopic (exact) mass is 399 g/mol. The molecule has 3 heteroatoms. The molecule has 4 rings (SSSR count). The van der Waals surface area contributed by atoms with Gasteiger partial charge in [-0.1, -0.05) is 66.7 Å². The van der Waals surface area contributed by atoms with Gasteiger partial charge >= 0.3 is 0 Å². The maximum atomic E-state index is 10.2. The summed E-state index contributed by atoms with van der Waals surface area (Å²) in [6.45, 7) is 1.84. The van der Waals surface area contributed by atoms with Crippen LogP contribution in [0.15, 0.2) is 84.9 Å². The second-order valence-corrected chi connectivity index (χ2v) is 7.85. The molecule has 3 nitrogen and oxygen atoms in total. The molecule has 154 valence electrons. The number of ether oxygens (including phenoxy) is 1. The summed E-state index contributed by atoms with van der Waals surface area (Å²) in [5.41, 5.74) is 4.58. The molecule has 0 aromatic heterocycles. The van der Waals surface area contributed by atoms with E-state index in [0.717, 1.165) is 30.9 Å². The number of hydrogen-bond donors (Lipinski definition) is 2. The van der Waals surface area contributed by atoms with Crippen LogP contribution >= 0.6 is 0 Å². The zero-order chi connectivity index (χ0) is 20.6. The lowest BCUT2D eigenvalue weighted by molar-refractivity contribution is 0.277. The van der Waals surface area contributed by atoms with Crippen molar-refractivity contribution in [3.8, 4) is 11.5 Å². The summed E-state index contributed by atoms with van der Waals surface area (Å²) < 4.78 is 5.93.